The molecule has 1 aliphatic heterocycles. The molecule has 1 N–H and O–H groups in total. The summed E-state index contributed by atoms with van der Waals surface area (Å²) < 4.78 is 0. The summed E-state index contributed by atoms with van der Waals surface area (Å²) in [6.07, 6.45) is 4.15. The van der Waals surface area contributed by atoms with Gasteiger partial charge >= 0.3 is 5.97 Å². The quantitative estimate of drug-likeness (QED) is 0.674. The lowest BCUT2D eigenvalue weighted by Crippen LogP contribution is -2.27. The van der Waals surface area contributed by atoms with Gasteiger partial charge in [-0.2, -0.15) is 0 Å². The molecule has 0 aromatic rings. The Morgan fingerprint density at radius 2 is 2.38 bits per heavy atom. The van der Waals surface area contributed by atoms with Crippen LogP contribution in [0, 0.1) is 0 Å². The fraction of sp³-hybridized carbons (Fsp3) is 0.700. The summed E-state index contributed by atoms with van der Waals surface area (Å²) in [6.45, 7) is 5.88. The number of nitrogens with zero attached hydrogens (tertiary/aromatic N) is 1. The van der Waals surface area contributed by atoms with Gasteiger partial charge in [-0.1, -0.05) is 13.0 Å². The van der Waals surface area contributed by atoms with E-state index in [2.05, 4.69) is 11.8 Å². The first-order valence-electron chi connectivity index (χ1n) is 4.81. The van der Waals surface area contributed by atoms with Crippen molar-refractivity contribution in [1.29, 1.82) is 0 Å². The second kappa shape index (κ2) is 4.42. The molecule has 0 aliphatic carbocycles. The smallest absolute Gasteiger partial charge is 0.331 e. The largest absolute Gasteiger partial charge is 0.478 e. The minimum Gasteiger partial charge on any atom is -0.478 e. The molecule has 0 aromatic carbocycles. The minimum absolute atomic E-state index is 0.348. The maximum atomic E-state index is 10.6. The van der Waals surface area contributed by atoms with Crippen molar-refractivity contribution < 1.29 is 9.90 Å². The Morgan fingerprint density at radius 3 is 2.92 bits per heavy atom. The highest BCUT2D eigenvalue weighted by atomic mass is 16.4. The van der Waals surface area contributed by atoms with Crippen LogP contribution in [0.25, 0.3) is 0 Å². The molecule has 3 nitrogen and oxygen atoms in total. The zero-order valence-corrected chi connectivity index (χ0v) is 8.29. The predicted molar refractivity (Wildman–Crippen MR) is 51.7 cm³/mol. The van der Waals surface area contributed by atoms with Crippen LogP contribution in [0.4, 0.5) is 0 Å². The number of rotatable bonds is 3. The highest BCUT2D eigenvalue weighted by Crippen LogP contribution is 2.18. The molecule has 0 amide bonds. The molecular formula is C10H17NO2. The van der Waals surface area contributed by atoms with Crippen molar-refractivity contribution in [3.05, 3.63) is 11.6 Å². The fourth-order valence-electron chi connectivity index (χ4n) is 1.79. The van der Waals surface area contributed by atoms with Crippen molar-refractivity contribution in [1.82, 2.24) is 4.90 Å². The number of carboxylic acids is 1. The number of carbonyl (C=O) groups is 1. The van der Waals surface area contributed by atoms with Crippen LogP contribution in [0.15, 0.2) is 11.6 Å². The van der Waals surface area contributed by atoms with Gasteiger partial charge in [0.05, 0.1) is 0 Å². The lowest BCUT2D eigenvalue weighted by atomic mass is 10.1. The summed E-state index contributed by atoms with van der Waals surface area (Å²) in [6, 6.07) is 0.348. The van der Waals surface area contributed by atoms with Gasteiger partial charge in [0.15, 0.2) is 0 Å². The maximum Gasteiger partial charge on any atom is 0.331 e. The van der Waals surface area contributed by atoms with Gasteiger partial charge in [0, 0.05) is 11.6 Å². The molecule has 0 saturated carbocycles. The predicted octanol–water partition coefficient (Wildman–Crippen LogP) is 1.50. The SMILES string of the molecule is CCN1CCCC1C=C(C)C(=O)O. The zero-order valence-electron chi connectivity index (χ0n) is 8.29. The van der Waals surface area contributed by atoms with Gasteiger partial charge in [-0.3, -0.25) is 4.90 Å². The van der Waals surface area contributed by atoms with E-state index in [1.807, 2.05) is 6.08 Å². The average Bonchev–Trinajstić information content (AvgIpc) is 2.51. The Labute approximate surface area is 79.0 Å². The van der Waals surface area contributed by atoms with Gasteiger partial charge in [-0.05, 0) is 32.9 Å². The highest BCUT2D eigenvalue weighted by Gasteiger charge is 2.21. The molecule has 1 saturated heterocycles. The van der Waals surface area contributed by atoms with Gasteiger partial charge in [-0.25, -0.2) is 4.79 Å². The van der Waals surface area contributed by atoms with Crippen molar-refractivity contribution >= 4 is 5.97 Å². The van der Waals surface area contributed by atoms with Crippen LogP contribution in [-0.2, 0) is 4.79 Å². The summed E-state index contributed by atoms with van der Waals surface area (Å²) in [5.41, 5.74) is 0.463. The monoisotopic (exact) mass is 183 g/mol. The molecule has 3 heteroatoms. The molecule has 1 unspecified atom stereocenters. The van der Waals surface area contributed by atoms with Gasteiger partial charge < -0.3 is 5.11 Å². The van der Waals surface area contributed by atoms with Crippen molar-refractivity contribution in [2.75, 3.05) is 13.1 Å². The Hall–Kier alpha value is -0.830. The van der Waals surface area contributed by atoms with Gasteiger partial charge in [0.25, 0.3) is 0 Å². The topological polar surface area (TPSA) is 40.5 Å². The molecule has 0 aromatic heterocycles. The Morgan fingerprint density at radius 1 is 1.69 bits per heavy atom. The Balaban J connectivity index is 2.61. The van der Waals surface area contributed by atoms with E-state index in [-0.39, 0.29) is 0 Å². The second-order valence-electron chi connectivity index (χ2n) is 3.49. The van der Waals surface area contributed by atoms with E-state index in [1.54, 1.807) is 6.92 Å². The highest BCUT2D eigenvalue weighted by molar-refractivity contribution is 5.85. The van der Waals surface area contributed by atoms with Gasteiger partial charge in [0.2, 0.25) is 0 Å². The summed E-state index contributed by atoms with van der Waals surface area (Å²) in [5.74, 6) is -0.803. The van der Waals surface area contributed by atoms with E-state index in [0.717, 1.165) is 19.5 Å². The van der Waals surface area contributed by atoms with E-state index in [9.17, 15) is 4.79 Å². The molecule has 1 atom stereocenters. The number of hydrogen-bond acceptors (Lipinski definition) is 2. The molecule has 0 spiro atoms. The van der Waals surface area contributed by atoms with Crippen molar-refractivity contribution in [2.45, 2.75) is 32.7 Å². The fourth-order valence-corrected chi connectivity index (χ4v) is 1.79. The Bertz CT molecular complexity index is 223. The number of likely N-dealkylation sites (N-methyl/N-ethyl adjacent to an activating group) is 1. The third-order valence-electron chi connectivity index (χ3n) is 2.60. The number of hydrogen-bond donors (Lipinski definition) is 1. The zero-order chi connectivity index (χ0) is 9.84. The van der Waals surface area contributed by atoms with Gasteiger partial charge in [-0.15, -0.1) is 0 Å². The molecule has 1 rings (SSSR count). The van der Waals surface area contributed by atoms with Crippen molar-refractivity contribution in [3.63, 3.8) is 0 Å². The second-order valence-corrected chi connectivity index (χ2v) is 3.49. The van der Waals surface area contributed by atoms with E-state index in [1.165, 1.54) is 6.42 Å². The first kappa shape index (κ1) is 10.3. The van der Waals surface area contributed by atoms with E-state index in [0.29, 0.717) is 11.6 Å². The number of aliphatic carboxylic acids is 1. The van der Waals surface area contributed by atoms with Crippen LogP contribution in [0.5, 0.6) is 0 Å². The number of carboxylic acid groups (broad SMARTS) is 1. The van der Waals surface area contributed by atoms with Gasteiger partial charge in [0.1, 0.15) is 0 Å². The molecule has 13 heavy (non-hydrogen) atoms. The summed E-state index contributed by atoms with van der Waals surface area (Å²) in [5, 5.41) is 8.71. The van der Waals surface area contributed by atoms with E-state index >= 15 is 0 Å². The maximum absolute atomic E-state index is 10.6. The normalized spacial score (nSPS) is 25.1. The number of likely N-dealkylation sites (tertiary alicyclic amines) is 1. The first-order chi connectivity index (χ1) is 6.15. The minimum atomic E-state index is -0.803. The van der Waals surface area contributed by atoms with Crippen LogP contribution in [0.2, 0.25) is 0 Å². The first-order valence-corrected chi connectivity index (χ1v) is 4.81. The van der Waals surface area contributed by atoms with Crippen LogP contribution in [-0.4, -0.2) is 35.1 Å². The molecule has 0 bridgehead atoms. The molecule has 1 heterocycles. The van der Waals surface area contributed by atoms with Crippen LogP contribution >= 0.6 is 0 Å². The summed E-state index contributed by atoms with van der Waals surface area (Å²) >= 11 is 0. The Kier molecular flexibility index (Phi) is 3.48. The third-order valence-corrected chi connectivity index (χ3v) is 2.60. The van der Waals surface area contributed by atoms with Crippen LogP contribution < -0.4 is 0 Å². The summed E-state index contributed by atoms with van der Waals surface area (Å²) in [4.78, 5) is 12.9. The molecule has 0 radical (unpaired) electrons. The third kappa shape index (κ3) is 2.56. The standard InChI is InChI=1S/C10H17NO2/c1-3-11-6-4-5-9(11)7-8(2)10(12)13/h7,9H,3-6H2,1-2H3,(H,12,13). The van der Waals surface area contributed by atoms with Crippen molar-refractivity contribution in [3.8, 4) is 0 Å². The lowest BCUT2D eigenvalue weighted by Gasteiger charge is -2.19. The van der Waals surface area contributed by atoms with E-state index in [4.69, 9.17) is 5.11 Å². The van der Waals surface area contributed by atoms with Crippen molar-refractivity contribution in [2.24, 2.45) is 0 Å². The lowest BCUT2D eigenvalue weighted by molar-refractivity contribution is -0.132. The summed E-state index contributed by atoms with van der Waals surface area (Å²) in [7, 11) is 0. The average molecular weight is 183 g/mol. The van der Waals surface area contributed by atoms with Crippen LogP contribution in [0.3, 0.4) is 0 Å². The molecule has 74 valence electrons. The van der Waals surface area contributed by atoms with Crippen LogP contribution in [0.1, 0.15) is 26.7 Å². The molecule has 1 aliphatic rings. The van der Waals surface area contributed by atoms with E-state index < -0.39 is 5.97 Å². The molecule has 1 fully saturated rings. The molecular weight excluding hydrogens is 166 g/mol.